The first-order chi connectivity index (χ1) is 13.1. The van der Waals surface area contributed by atoms with Crippen LogP contribution in [0.25, 0.3) is 0 Å². The summed E-state index contributed by atoms with van der Waals surface area (Å²) >= 11 is 0. The molecule has 0 spiro atoms. The van der Waals surface area contributed by atoms with Gasteiger partial charge in [0.15, 0.2) is 29.6 Å². The molecule has 0 saturated carbocycles. The summed E-state index contributed by atoms with van der Waals surface area (Å²) in [5, 5.41) is 0. The van der Waals surface area contributed by atoms with Gasteiger partial charge in [-0.1, -0.05) is 12.1 Å². The third-order valence-corrected chi connectivity index (χ3v) is 4.29. The molecule has 7 nitrogen and oxygen atoms in total. The van der Waals surface area contributed by atoms with Gasteiger partial charge in [0.05, 0.1) is 40.2 Å². The van der Waals surface area contributed by atoms with E-state index in [9.17, 15) is 4.79 Å². The number of fused-ring (bicyclic) bond motifs is 1. The molecule has 1 heterocycles. The number of anilines is 1. The maximum absolute atomic E-state index is 12.8. The van der Waals surface area contributed by atoms with Crippen molar-refractivity contribution in [3.8, 4) is 28.7 Å². The maximum Gasteiger partial charge on any atom is 0.265 e. The van der Waals surface area contributed by atoms with E-state index in [4.69, 9.17) is 23.7 Å². The van der Waals surface area contributed by atoms with Gasteiger partial charge in [0.2, 0.25) is 5.75 Å². The fourth-order valence-electron chi connectivity index (χ4n) is 3.05. The van der Waals surface area contributed by atoms with E-state index in [0.717, 1.165) is 5.56 Å². The highest BCUT2D eigenvalue weighted by atomic mass is 16.5. The maximum atomic E-state index is 12.8. The van der Waals surface area contributed by atoms with Gasteiger partial charge in [-0.15, -0.1) is 0 Å². The van der Waals surface area contributed by atoms with Crippen LogP contribution in [0.3, 0.4) is 0 Å². The van der Waals surface area contributed by atoms with Crippen molar-refractivity contribution >= 4 is 11.6 Å². The Kier molecular flexibility index (Phi) is 5.59. The fourth-order valence-corrected chi connectivity index (χ4v) is 3.05. The quantitative estimate of drug-likeness (QED) is 0.775. The van der Waals surface area contributed by atoms with Gasteiger partial charge in [-0.2, -0.15) is 0 Å². The lowest BCUT2D eigenvalue weighted by Gasteiger charge is -2.23. The molecule has 0 fully saturated rings. The van der Waals surface area contributed by atoms with Gasteiger partial charge in [-0.3, -0.25) is 4.79 Å². The number of para-hydroxylation sites is 1. The summed E-state index contributed by atoms with van der Waals surface area (Å²) in [4.78, 5) is 14.4. The minimum atomic E-state index is -0.178. The fraction of sp³-hybridized carbons (Fsp3) is 0.350. The molecule has 0 atom stereocenters. The number of carbonyl (C=O) groups excluding carboxylic acids is 1. The minimum Gasteiger partial charge on any atom is -0.493 e. The van der Waals surface area contributed by atoms with E-state index in [1.807, 2.05) is 25.1 Å². The van der Waals surface area contributed by atoms with Crippen LogP contribution >= 0.6 is 0 Å². The highest BCUT2D eigenvalue weighted by Crippen LogP contribution is 2.42. The predicted octanol–water partition coefficient (Wildman–Crippen LogP) is 3.04. The Labute approximate surface area is 158 Å². The standard InChI is InChI=1S/C20H23NO6/c1-5-26-15-8-6-7-13-11-21(18(22)12-27-19(13)15)14-9-16(23-2)20(25-4)17(10-14)24-3/h6-10H,5,11-12H2,1-4H3. The molecular formula is C20H23NO6. The van der Waals surface area contributed by atoms with Gasteiger partial charge in [-0.05, 0) is 13.0 Å². The molecule has 3 rings (SSSR count). The molecule has 1 amide bonds. The molecule has 0 unspecified atom stereocenters. The van der Waals surface area contributed by atoms with Crippen molar-refractivity contribution < 1.29 is 28.5 Å². The largest absolute Gasteiger partial charge is 0.493 e. The van der Waals surface area contributed by atoms with Crippen molar-refractivity contribution in [1.82, 2.24) is 0 Å². The van der Waals surface area contributed by atoms with E-state index in [-0.39, 0.29) is 12.5 Å². The number of benzene rings is 2. The van der Waals surface area contributed by atoms with Crippen LogP contribution in [0, 0.1) is 0 Å². The molecule has 144 valence electrons. The topological polar surface area (TPSA) is 66.5 Å². The molecule has 27 heavy (non-hydrogen) atoms. The molecule has 0 saturated heterocycles. The van der Waals surface area contributed by atoms with Gasteiger partial charge < -0.3 is 28.6 Å². The van der Waals surface area contributed by atoms with Crippen LogP contribution in [0.2, 0.25) is 0 Å². The third-order valence-electron chi connectivity index (χ3n) is 4.29. The predicted molar refractivity (Wildman–Crippen MR) is 100 cm³/mol. The minimum absolute atomic E-state index is 0.0895. The number of methoxy groups -OCH3 is 3. The van der Waals surface area contributed by atoms with Crippen LogP contribution in [0.5, 0.6) is 28.7 Å². The van der Waals surface area contributed by atoms with Gasteiger partial charge in [0.1, 0.15) is 0 Å². The number of hydrogen-bond donors (Lipinski definition) is 0. The molecule has 1 aliphatic heterocycles. The lowest BCUT2D eigenvalue weighted by Crippen LogP contribution is -2.32. The van der Waals surface area contributed by atoms with Crippen LogP contribution in [-0.4, -0.2) is 40.5 Å². The molecule has 0 aliphatic carbocycles. The molecule has 0 N–H and O–H groups in total. The molecule has 0 aromatic heterocycles. The lowest BCUT2D eigenvalue weighted by atomic mass is 10.1. The summed E-state index contributed by atoms with van der Waals surface area (Å²) in [6.07, 6.45) is 0. The van der Waals surface area contributed by atoms with E-state index in [2.05, 4.69) is 0 Å². The van der Waals surface area contributed by atoms with E-state index in [1.165, 1.54) is 21.3 Å². The first-order valence-electron chi connectivity index (χ1n) is 8.60. The number of ether oxygens (including phenoxy) is 5. The Hall–Kier alpha value is -3.09. The van der Waals surface area contributed by atoms with Crippen molar-refractivity contribution in [3.63, 3.8) is 0 Å². The zero-order valence-corrected chi connectivity index (χ0v) is 15.9. The Bertz CT molecular complexity index is 810. The lowest BCUT2D eigenvalue weighted by molar-refractivity contribution is -0.120. The van der Waals surface area contributed by atoms with Crippen molar-refractivity contribution in [3.05, 3.63) is 35.9 Å². The highest BCUT2D eigenvalue weighted by molar-refractivity contribution is 5.95. The van der Waals surface area contributed by atoms with Gasteiger partial charge in [0.25, 0.3) is 5.91 Å². The summed E-state index contributed by atoms with van der Waals surface area (Å²) < 4.78 is 27.5. The first-order valence-corrected chi connectivity index (χ1v) is 8.60. The molecular weight excluding hydrogens is 350 g/mol. The molecule has 7 heteroatoms. The van der Waals surface area contributed by atoms with E-state index in [1.54, 1.807) is 17.0 Å². The average molecular weight is 373 g/mol. The second-order valence-corrected chi connectivity index (χ2v) is 5.83. The van der Waals surface area contributed by atoms with Crippen LogP contribution in [0.4, 0.5) is 5.69 Å². The molecule has 0 radical (unpaired) electrons. The molecule has 2 aromatic rings. The van der Waals surface area contributed by atoms with Gasteiger partial charge in [0, 0.05) is 17.7 Å². The molecule has 1 aliphatic rings. The van der Waals surface area contributed by atoms with Gasteiger partial charge >= 0.3 is 0 Å². The van der Waals surface area contributed by atoms with Crippen molar-refractivity contribution in [1.29, 1.82) is 0 Å². The second-order valence-electron chi connectivity index (χ2n) is 5.83. The number of carbonyl (C=O) groups is 1. The van der Waals surface area contributed by atoms with Crippen molar-refractivity contribution in [2.24, 2.45) is 0 Å². The normalized spacial score (nSPS) is 13.3. The highest BCUT2D eigenvalue weighted by Gasteiger charge is 2.27. The van der Waals surface area contributed by atoms with Crippen LogP contribution < -0.4 is 28.6 Å². The average Bonchev–Trinajstić information content (AvgIpc) is 2.86. The van der Waals surface area contributed by atoms with E-state index in [0.29, 0.717) is 47.6 Å². The Morgan fingerprint density at radius 1 is 1.04 bits per heavy atom. The number of nitrogens with zero attached hydrogens (tertiary/aromatic N) is 1. The van der Waals surface area contributed by atoms with Crippen molar-refractivity contribution in [2.75, 3.05) is 39.4 Å². The van der Waals surface area contributed by atoms with Crippen LogP contribution in [0.1, 0.15) is 12.5 Å². The number of hydrogen-bond acceptors (Lipinski definition) is 6. The Balaban J connectivity index is 2.04. The van der Waals surface area contributed by atoms with E-state index < -0.39 is 0 Å². The molecule has 0 bridgehead atoms. The second kappa shape index (κ2) is 8.07. The monoisotopic (exact) mass is 373 g/mol. The zero-order chi connectivity index (χ0) is 19.4. The van der Waals surface area contributed by atoms with Gasteiger partial charge in [-0.25, -0.2) is 0 Å². The molecule has 2 aromatic carbocycles. The Morgan fingerprint density at radius 3 is 2.33 bits per heavy atom. The number of amides is 1. The smallest absolute Gasteiger partial charge is 0.265 e. The zero-order valence-electron chi connectivity index (χ0n) is 15.9. The first kappa shape index (κ1) is 18.7. The third kappa shape index (κ3) is 3.58. The van der Waals surface area contributed by atoms with Crippen LogP contribution in [0.15, 0.2) is 30.3 Å². The summed E-state index contributed by atoms with van der Waals surface area (Å²) in [7, 11) is 4.62. The summed E-state index contributed by atoms with van der Waals surface area (Å²) in [6, 6.07) is 9.13. The Morgan fingerprint density at radius 2 is 1.74 bits per heavy atom. The summed E-state index contributed by atoms with van der Waals surface area (Å²) in [5.41, 5.74) is 1.49. The number of rotatable bonds is 6. The van der Waals surface area contributed by atoms with Crippen molar-refractivity contribution in [2.45, 2.75) is 13.5 Å². The van der Waals surface area contributed by atoms with E-state index >= 15 is 0 Å². The summed E-state index contributed by atoms with van der Waals surface area (Å²) in [6.45, 7) is 2.68. The SMILES string of the molecule is CCOc1cccc2c1OCC(=O)N(c1cc(OC)c(OC)c(OC)c1)C2. The van der Waals surface area contributed by atoms with Crippen LogP contribution in [-0.2, 0) is 11.3 Å². The summed E-state index contributed by atoms with van der Waals surface area (Å²) in [5.74, 6) is 2.49.